The summed E-state index contributed by atoms with van der Waals surface area (Å²) in [7, 11) is 2.52. The highest BCUT2D eigenvalue weighted by Crippen LogP contribution is 2.36. The Kier molecular flexibility index (Phi) is 4.83. The topological polar surface area (TPSA) is 93.1 Å². The Morgan fingerprint density at radius 2 is 1.89 bits per heavy atom. The fourth-order valence-corrected chi connectivity index (χ4v) is 2.83. The van der Waals surface area contributed by atoms with Crippen LogP contribution in [0.25, 0.3) is 0 Å². The van der Waals surface area contributed by atoms with Gasteiger partial charge in [-0.15, -0.1) is 11.8 Å². The standard InChI is InChI=1S/C10H15NO6S/c1-16-7(12)3-4-18-10(8(13)14)5-11(6-10)9(15)17-2/h3-6H2,1-2H3,(H,13,14). The number of carbonyl (C=O) groups is 3. The van der Waals surface area contributed by atoms with E-state index in [-0.39, 0.29) is 25.5 Å². The van der Waals surface area contributed by atoms with Gasteiger partial charge in [0.05, 0.1) is 33.7 Å². The van der Waals surface area contributed by atoms with Gasteiger partial charge in [-0.2, -0.15) is 0 Å². The molecule has 1 amide bonds. The summed E-state index contributed by atoms with van der Waals surface area (Å²) in [4.78, 5) is 34.6. The fourth-order valence-electron chi connectivity index (χ4n) is 1.55. The smallest absolute Gasteiger partial charge is 0.409 e. The van der Waals surface area contributed by atoms with Gasteiger partial charge in [0, 0.05) is 5.75 Å². The van der Waals surface area contributed by atoms with Crippen molar-refractivity contribution in [2.24, 2.45) is 0 Å². The molecule has 1 aliphatic heterocycles. The molecule has 0 bridgehead atoms. The number of hydrogen-bond acceptors (Lipinski definition) is 6. The van der Waals surface area contributed by atoms with Crippen molar-refractivity contribution in [1.29, 1.82) is 0 Å². The number of methoxy groups -OCH3 is 2. The van der Waals surface area contributed by atoms with E-state index in [1.54, 1.807) is 0 Å². The molecule has 0 unspecified atom stereocenters. The van der Waals surface area contributed by atoms with E-state index in [9.17, 15) is 14.4 Å². The van der Waals surface area contributed by atoms with Crippen molar-refractivity contribution in [2.45, 2.75) is 11.2 Å². The quantitative estimate of drug-likeness (QED) is 0.717. The van der Waals surface area contributed by atoms with E-state index >= 15 is 0 Å². The molecule has 1 fully saturated rings. The average Bonchev–Trinajstić information content (AvgIpc) is 2.30. The van der Waals surface area contributed by atoms with E-state index in [4.69, 9.17) is 5.11 Å². The van der Waals surface area contributed by atoms with Crippen LogP contribution in [0.1, 0.15) is 6.42 Å². The number of aliphatic carboxylic acids is 1. The minimum absolute atomic E-state index is 0.0842. The third-order valence-electron chi connectivity index (χ3n) is 2.63. The van der Waals surface area contributed by atoms with Crippen molar-refractivity contribution in [3.63, 3.8) is 0 Å². The van der Waals surface area contributed by atoms with Gasteiger partial charge in [-0.25, -0.2) is 4.79 Å². The van der Waals surface area contributed by atoms with E-state index in [2.05, 4.69) is 9.47 Å². The molecule has 1 heterocycles. The fraction of sp³-hybridized carbons (Fsp3) is 0.700. The maximum Gasteiger partial charge on any atom is 0.409 e. The van der Waals surface area contributed by atoms with E-state index in [0.29, 0.717) is 5.75 Å². The van der Waals surface area contributed by atoms with Crippen LogP contribution in [0.2, 0.25) is 0 Å². The van der Waals surface area contributed by atoms with Gasteiger partial charge >= 0.3 is 18.0 Å². The molecule has 1 saturated heterocycles. The molecule has 1 aliphatic rings. The van der Waals surface area contributed by atoms with Crippen molar-refractivity contribution < 1.29 is 29.0 Å². The highest BCUT2D eigenvalue weighted by molar-refractivity contribution is 8.01. The number of carboxylic acid groups (broad SMARTS) is 1. The first-order valence-corrected chi connectivity index (χ1v) is 6.21. The van der Waals surface area contributed by atoms with Gasteiger partial charge in [0.15, 0.2) is 0 Å². The maximum atomic E-state index is 11.2. The second-order valence-corrected chi connectivity index (χ2v) is 5.28. The number of likely N-dealkylation sites (tertiary alicyclic amines) is 1. The van der Waals surface area contributed by atoms with Crippen LogP contribution in [0, 0.1) is 0 Å². The zero-order chi connectivity index (χ0) is 13.8. The third-order valence-corrected chi connectivity index (χ3v) is 4.02. The molecule has 0 radical (unpaired) electrons. The Morgan fingerprint density at radius 1 is 1.28 bits per heavy atom. The lowest BCUT2D eigenvalue weighted by molar-refractivity contribution is -0.144. The van der Waals surface area contributed by atoms with Gasteiger partial charge in [-0.1, -0.05) is 0 Å². The highest BCUT2D eigenvalue weighted by atomic mass is 32.2. The van der Waals surface area contributed by atoms with Crippen molar-refractivity contribution in [3.05, 3.63) is 0 Å². The third kappa shape index (κ3) is 3.06. The van der Waals surface area contributed by atoms with Crippen molar-refractivity contribution in [1.82, 2.24) is 4.90 Å². The lowest BCUT2D eigenvalue weighted by Gasteiger charge is -2.45. The summed E-state index contributed by atoms with van der Waals surface area (Å²) in [5.74, 6) is -1.03. The predicted molar refractivity (Wildman–Crippen MR) is 63.4 cm³/mol. The van der Waals surface area contributed by atoms with E-state index in [1.165, 1.54) is 19.1 Å². The predicted octanol–water partition coefficient (Wildman–Crippen LogP) is 0.188. The van der Waals surface area contributed by atoms with E-state index < -0.39 is 16.8 Å². The first kappa shape index (κ1) is 14.6. The molecule has 8 heteroatoms. The van der Waals surface area contributed by atoms with Crippen LogP contribution in [0.3, 0.4) is 0 Å². The molecular formula is C10H15NO6S. The molecule has 102 valence electrons. The molecule has 0 aromatic carbocycles. The minimum Gasteiger partial charge on any atom is -0.480 e. The molecule has 0 saturated carbocycles. The zero-order valence-corrected chi connectivity index (χ0v) is 11.0. The van der Waals surface area contributed by atoms with Crippen LogP contribution in [-0.2, 0) is 19.1 Å². The van der Waals surface area contributed by atoms with Crippen molar-refractivity contribution in [3.8, 4) is 0 Å². The molecular weight excluding hydrogens is 262 g/mol. The second kappa shape index (κ2) is 5.94. The molecule has 0 spiro atoms. The van der Waals surface area contributed by atoms with Gasteiger partial charge in [0.2, 0.25) is 0 Å². The number of carbonyl (C=O) groups excluding carboxylic acids is 2. The summed E-state index contributed by atoms with van der Waals surface area (Å²) in [5.41, 5.74) is 0. The molecule has 1 N–H and O–H groups in total. The summed E-state index contributed by atoms with van der Waals surface area (Å²) in [5, 5.41) is 9.16. The van der Waals surface area contributed by atoms with Crippen LogP contribution in [0.15, 0.2) is 0 Å². The number of rotatable bonds is 5. The molecule has 0 atom stereocenters. The van der Waals surface area contributed by atoms with E-state index in [0.717, 1.165) is 11.8 Å². The Morgan fingerprint density at radius 3 is 2.33 bits per heavy atom. The van der Waals surface area contributed by atoms with Crippen LogP contribution < -0.4 is 0 Å². The summed E-state index contributed by atoms with van der Waals surface area (Å²) in [6.45, 7) is 0.168. The first-order chi connectivity index (χ1) is 8.45. The zero-order valence-electron chi connectivity index (χ0n) is 10.2. The Labute approximate surface area is 108 Å². The van der Waals surface area contributed by atoms with Crippen molar-refractivity contribution in [2.75, 3.05) is 33.1 Å². The number of carboxylic acids is 1. The van der Waals surface area contributed by atoms with Gasteiger partial charge in [-0.3, -0.25) is 9.59 Å². The molecule has 0 aliphatic carbocycles. The molecule has 7 nitrogen and oxygen atoms in total. The summed E-state index contributed by atoms with van der Waals surface area (Å²) in [6, 6.07) is 0. The Bertz CT molecular complexity index is 352. The van der Waals surface area contributed by atoms with Crippen LogP contribution >= 0.6 is 11.8 Å². The van der Waals surface area contributed by atoms with Crippen LogP contribution in [0.4, 0.5) is 4.79 Å². The SMILES string of the molecule is COC(=O)CCSC1(C(=O)O)CN(C(=O)OC)C1. The summed E-state index contributed by atoms with van der Waals surface area (Å²) >= 11 is 1.14. The molecule has 1 rings (SSSR count). The number of nitrogens with zero attached hydrogens (tertiary/aromatic N) is 1. The van der Waals surface area contributed by atoms with E-state index in [1.807, 2.05) is 0 Å². The largest absolute Gasteiger partial charge is 0.480 e. The molecule has 0 aromatic rings. The van der Waals surface area contributed by atoms with Crippen molar-refractivity contribution >= 4 is 29.8 Å². The lowest BCUT2D eigenvalue weighted by atomic mass is 10.00. The van der Waals surface area contributed by atoms with Crippen LogP contribution in [-0.4, -0.2) is 65.8 Å². The Hall–Kier alpha value is -1.44. The highest BCUT2D eigenvalue weighted by Gasteiger charge is 2.52. The maximum absolute atomic E-state index is 11.2. The van der Waals surface area contributed by atoms with Gasteiger partial charge < -0.3 is 19.5 Å². The molecule has 18 heavy (non-hydrogen) atoms. The second-order valence-electron chi connectivity index (χ2n) is 3.80. The number of amides is 1. The normalized spacial score (nSPS) is 16.7. The summed E-state index contributed by atoms with van der Waals surface area (Å²) < 4.78 is 7.93. The van der Waals surface area contributed by atoms with Gasteiger partial charge in [-0.05, 0) is 0 Å². The first-order valence-electron chi connectivity index (χ1n) is 5.22. The van der Waals surface area contributed by atoms with Crippen LogP contribution in [0.5, 0.6) is 0 Å². The molecule has 0 aromatic heterocycles. The minimum atomic E-state index is -1.04. The number of thioether (sulfide) groups is 1. The monoisotopic (exact) mass is 277 g/mol. The number of esters is 1. The van der Waals surface area contributed by atoms with Gasteiger partial charge in [0.25, 0.3) is 0 Å². The summed E-state index contributed by atoms with van der Waals surface area (Å²) in [6.07, 6.45) is -0.394. The average molecular weight is 277 g/mol. The Balaban J connectivity index is 2.46. The number of hydrogen-bond donors (Lipinski definition) is 1. The van der Waals surface area contributed by atoms with Gasteiger partial charge in [0.1, 0.15) is 4.75 Å². The number of ether oxygens (including phenoxy) is 2. The lowest BCUT2D eigenvalue weighted by Crippen LogP contribution is -2.65.